The zero-order valence-corrected chi connectivity index (χ0v) is 14.7. The third-order valence-corrected chi connectivity index (χ3v) is 4.31. The van der Waals surface area contributed by atoms with Gasteiger partial charge in [0.15, 0.2) is 0 Å². The van der Waals surface area contributed by atoms with E-state index < -0.39 is 0 Å². The predicted molar refractivity (Wildman–Crippen MR) is 101 cm³/mol. The van der Waals surface area contributed by atoms with Crippen LogP contribution < -0.4 is 10.6 Å². The molecule has 2 aromatic rings. The predicted octanol–water partition coefficient (Wildman–Crippen LogP) is 5.48. The van der Waals surface area contributed by atoms with Crippen molar-refractivity contribution in [3.8, 4) is 0 Å². The van der Waals surface area contributed by atoms with Gasteiger partial charge in [-0.2, -0.15) is 0 Å². The topological polar surface area (TPSA) is 49.8 Å². The summed E-state index contributed by atoms with van der Waals surface area (Å²) >= 11 is 6.03. The molecule has 1 aromatic heterocycles. The number of benzene rings is 1. The van der Waals surface area contributed by atoms with Gasteiger partial charge >= 0.3 is 0 Å². The van der Waals surface area contributed by atoms with Crippen LogP contribution in [0.3, 0.4) is 0 Å². The number of hydrogen-bond acceptors (Lipinski definition) is 4. The number of allylic oxidation sites excluding steroid dienone is 1. The highest BCUT2D eigenvalue weighted by Gasteiger charge is 2.05. The van der Waals surface area contributed by atoms with Crippen molar-refractivity contribution < 1.29 is 0 Å². The number of aromatic nitrogens is 2. The summed E-state index contributed by atoms with van der Waals surface area (Å²) in [5.74, 6) is 2.36. The molecule has 126 valence electrons. The van der Waals surface area contributed by atoms with Crippen molar-refractivity contribution in [1.29, 1.82) is 0 Å². The second-order valence-electron chi connectivity index (χ2n) is 6.11. The summed E-state index contributed by atoms with van der Waals surface area (Å²) in [6.45, 7) is 2.80. The van der Waals surface area contributed by atoms with Gasteiger partial charge in [-0.05, 0) is 57.2 Å². The summed E-state index contributed by atoms with van der Waals surface area (Å²) in [5, 5.41) is 7.39. The Labute approximate surface area is 148 Å². The van der Waals surface area contributed by atoms with Crippen molar-refractivity contribution in [2.24, 2.45) is 0 Å². The molecule has 0 unspecified atom stereocenters. The fourth-order valence-corrected chi connectivity index (χ4v) is 3.11. The van der Waals surface area contributed by atoms with Crippen LogP contribution >= 0.6 is 11.6 Å². The first-order valence-corrected chi connectivity index (χ1v) is 8.87. The maximum atomic E-state index is 6.03. The number of hydrogen-bond donors (Lipinski definition) is 2. The first-order valence-electron chi connectivity index (χ1n) is 8.49. The van der Waals surface area contributed by atoms with E-state index in [1.807, 2.05) is 37.3 Å². The molecule has 3 rings (SSSR count). The number of nitrogens with one attached hydrogen (secondary N) is 2. The Balaban J connectivity index is 1.61. The van der Waals surface area contributed by atoms with E-state index in [4.69, 9.17) is 11.6 Å². The van der Waals surface area contributed by atoms with E-state index in [9.17, 15) is 0 Å². The van der Waals surface area contributed by atoms with Crippen LogP contribution in [-0.4, -0.2) is 16.5 Å². The van der Waals surface area contributed by atoms with Gasteiger partial charge in [0, 0.05) is 23.3 Å². The fourth-order valence-electron chi connectivity index (χ4n) is 2.92. The Morgan fingerprint density at radius 3 is 2.79 bits per heavy atom. The van der Waals surface area contributed by atoms with Crippen LogP contribution in [0.2, 0.25) is 5.02 Å². The maximum Gasteiger partial charge on any atom is 0.136 e. The van der Waals surface area contributed by atoms with Crippen molar-refractivity contribution in [2.75, 3.05) is 17.2 Å². The zero-order valence-electron chi connectivity index (χ0n) is 14.0. The van der Waals surface area contributed by atoms with Crippen LogP contribution in [0.4, 0.5) is 17.3 Å². The average molecular weight is 343 g/mol. The van der Waals surface area contributed by atoms with Crippen LogP contribution in [0.5, 0.6) is 0 Å². The molecule has 24 heavy (non-hydrogen) atoms. The average Bonchev–Trinajstić information content (AvgIpc) is 2.55. The molecule has 1 aliphatic carbocycles. The van der Waals surface area contributed by atoms with Gasteiger partial charge in [0.25, 0.3) is 0 Å². The van der Waals surface area contributed by atoms with Crippen LogP contribution in [-0.2, 0) is 0 Å². The molecule has 1 aliphatic rings. The highest BCUT2D eigenvalue weighted by Crippen LogP contribution is 2.22. The monoisotopic (exact) mass is 342 g/mol. The molecular formula is C19H23ClN4. The van der Waals surface area contributed by atoms with Gasteiger partial charge in [-0.15, -0.1) is 0 Å². The Bertz CT molecular complexity index is 727. The fraction of sp³-hybridized carbons (Fsp3) is 0.368. The highest BCUT2D eigenvalue weighted by atomic mass is 35.5. The Kier molecular flexibility index (Phi) is 5.70. The van der Waals surface area contributed by atoms with Gasteiger partial charge in [-0.3, -0.25) is 0 Å². The summed E-state index contributed by atoms with van der Waals surface area (Å²) in [6.07, 6.45) is 8.61. The summed E-state index contributed by atoms with van der Waals surface area (Å²) in [5.41, 5.74) is 2.48. The van der Waals surface area contributed by atoms with Crippen molar-refractivity contribution in [2.45, 2.75) is 39.0 Å². The lowest BCUT2D eigenvalue weighted by atomic mass is 9.97. The maximum absolute atomic E-state index is 6.03. The molecule has 0 saturated heterocycles. The largest absolute Gasteiger partial charge is 0.370 e. The van der Waals surface area contributed by atoms with Crippen LogP contribution in [0.15, 0.2) is 42.0 Å². The van der Waals surface area contributed by atoms with E-state index in [-0.39, 0.29) is 0 Å². The molecule has 0 radical (unpaired) electrons. The smallest absolute Gasteiger partial charge is 0.136 e. The second kappa shape index (κ2) is 8.15. The summed E-state index contributed by atoms with van der Waals surface area (Å²) in [6, 6.07) is 9.54. The van der Waals surface area contributed by atoms with Gasteiger partial charge in [-0.1, -0.05) is 29.3 Å². The van der Waals surface area contributed by atoms with Crippen molar-refractivity contribution in [3.63, 3.8) is 0 Å². The van der Waals surface area contributed by atoms with Crippen molar-refractivity contribution in [1.82, 2.24) is 9.97 Å². The van der Waals surface area contributed by atoms with Gasteiger partial charge in [0.1, 0.15) is 17.5 Å². The molecule has 0 spiro atoms. The van der Waals surface area contributed by atoms with E-state index in [1.54, 1.807) is 5.57 Å². The molecule has 0 fully saturated rings. The van der Waals surface area contributed by atoms with Gasteiger partial charge in [-0.25, -0.2) is 9.97 Å². The van der Waals surface area contributed by atoms with Crippen LogP contribution in [0, 0.1) is 6.92 Å². The van der Waals surface area contributed by atoms with Gasteiger partial charge in [0.05, 0.1) is 0 Å². The Hall–Kier alpha value is -2.07. The second-order valence-corrected chi connectivity index (χ2v) is 6.54. The number of rotatable bonds is 6. The number of halogens is 1. The third kappa shape index (κ3) is 4.96. The molecule has 2 N–H and O–H groups in total. The number of anilines is 3. The van der Waals surface area contributed by atoms with Crippen molar-refractivity contribution in [3.05, 3.63) is 52.8 Å². The lowest BCUT2D eigenvalue weighted by molar-refractivity contribution is 0.679. The van der Waals surface area contributed by atoms with E-state index in [1.165, 1.54) is 25.7 Å². The molecular weight excluding hydrogens is 320 g/mol. The van der Waals surface area contributed by atoms with Gasteiger partial charge in [0.2, 0.25) is 0 Å². The van der Waals surface area contributed by atoms with Crippen LogP contribution in [0.1, 0.15) is 37.9 Å². The Morgan fingerprint density at radius 1 is 1.12 bits per heavy atom. The first-order chi connectivity index (χ1) is 11.7. The quantitative estimate of drug-likeness (QED) is 0.682. The number of nitrogens with zero attached hydrogens (tertiary/aromatic N) is 2. The molecule has 0 saturated carbocycles. The van der Waals surface area contributed by atoms with Crippen molar-refractivity contribution >= 4 is 28.9 Å². The van der Waals surface area contributed by atoms with E-state index in [0.29, 0.717) is 5.02 Å². The molecule has 1 heterocycles. The lowest BCUT2D eigenvalue weighted by Crippen LogP contribution is -2.08. The molecule has 5 heteroatoms. The molecule has 0 aliphatic heterocycles. The van der Waals surface area contributed by atoms with Crippen LogP contribution in [0.25, 0.3) is 0 Å². The minimum atomic E-state index is 0.699. The van der Waals surface area contributed by atoms with E-state index >= 15 is 0 Å². The summed E-state index contributed by atoms with van der Waals surface area (Å²) in [4.78, 5) is 8.91. The molecule has 1 aromatic carbocycles. The molecule has 0 atom stereocenters. The van der Waals surface area contributed by atoms with E-state index in [2.05, 4.69) is 26.7 Å². The summed E-state index contributed by atoms with van der Waals surface area (Å²) < 4.78 is 0. The normalized spacial score (nSPS) is 14.2. The minimum absolute atomic E-state index is 0.699. The first kappa shape index (κ1) is 16.8. The Morgan fingerprint density at radius 2 is 2.00 bits per heavy atom. The molecule has 4 nitrogen and oxygen atoms in total. The summed E-state index contributed by atoms with van der Waals surface area (Å²) in [7, 11) is 0. The zero-order chi connectivity index (χ0) is 16.8. The third-order valence-electron chi connectivity index (χ3n) is 4.07. The minimum Gasteiger partial charge on any atom is -0.370 e. The SMILES string of the molecule is Cc1nc(NCCC2=CCCCC2)cc(Nc2cccc(Cl)c2)n1. The number of aryl methyl sites for hydroxylation is 1. The molecule has 0 bridgehead atoms. The standard InChI is InChI=1S/C19H23ClN4/c1-14-22-18(21-11-10-15-6-3-2-4-7-15)13-19(23-14)24-17-9-5-8-16(20)12-17/h5-6,8-9,12-13H,2-4,7,10-11H2,1H3,(H2,21,22,23,24). The van der Waals surface area contributed by atoms with E-state index in [0.717, 1.165) is 36.1 Å². The highest BCUT2D eigenvalue weighted by molar-refractivity contribution is 6.30. The van der Waals surface area contributed by atoms with Gasteiger partial charge < -0.3 is 10.6 Å². The molecule has 0 amide bonds. The lowest BCUT2D eigenvalue weighted by Gasteiger charge is -2.14.